The predicted octanol–water partition coefficient (Wildman–Crippen LogP) is 1.53. The van der Waals surface area contributed by atoms with Gasteiger partial charge in [0.15, 0.2) is 0 Å². The molecule has 1 N–H and O–H groups in total. The van der Waals surface area contributed by atoms with Crippen molar-refractivity contribution in [1.82, 2.24) is 15.1 Å². The van der Waals surface area contributed by atoms with Crippen molar-refractivity contribution in [3.63, 3.8) is 0 Å². The molecule has 0 radical (unpaired) electrons. The SMILES string of the molecule is COc1ccc([C@@H](CNC(=O)CCN2C(=O)[C@H]3CC=CC[C@@H]3C2=O)N2CCOCC2)cc1. The molecule has 2 fully saturated rings. The van der Waals surface area contributed by atoms with Crippen LogP contribution >= 0.6 is 0 Å². The number of hydrogen-bond acceptors (Lipinski definition) is 6. The number of carbonyl (C=O) groups is 3. The molecule has 0 bridgehead atoms. The van der Waals surface area contributed by atoms with E-state index in [-0.39, 0.29) is 48.6 Å². The van der Waals surface area contributed by atoms with Crippen LogP contribution in [-0.4, -0.2) is 74.0 Å². The van der Waals surface area contributed by atoms with Crippen LogP contribution in [0.5, 0.6) is 5.75 Å². The van der Waals surface area contributed by atoms with Crippen molar-refractivity contribution in [1.29, 1.82) is 0 Å². The minimum atomic E-state index is -0.253. The molecule has 2 saturated heterocycles. The van der Waals surface area contributed by atoms with E-state index in [4.69, 9.17) is 9.47 Å². The van der Waals surface area contributed by atoms with Crippen LogP contribution in [0.4, 0.5) is 0 Å². The number of likely N-dealkylation sites (tertiary alicyclic amines) is 1. The first-order chi connectivity index (χ1) is 15.6. The highest BCUT2D eigenvalue weighted by Gasteiger charge is 2.46. The quantitative estimate of drug-likeness (QED) is 0.486. The summed E-state index contributed by atoms with van der Waals surface area (Å²) in [7, 11) is 1.63. The number of fused-ring (bicyclic) bond motifs is 1. The normalized spacial score (nSPS) is 24.3. The fourth-order valence-corrected chi connectivity index (χ4v) is 4.77. The van der Waals surface area contributed by atoms with Crippen LogP contribution < -0.4 is 10.1 Å². The van der Waals surface area contributed by atoms with Gasteiger partial charge in [-0.3, -0.25) is 24.2 Å². The summed E-state index contributed by atoms with van der Waals surface area (Å²) in [6.07, 6.45) is 5.27. The van der Waals surface area contributed by atoms with E-state index in [1.807, 2.05) is 36.4 Å². The lowest BCUT2D eigenvalue weighted by Crippen LogP contribution is -2.44. The molecular formula is C24H31N3O5. The van der Waals surface area contributed by atoms with Gasteiger partial charge in [-0.05, 0) is 30.5 Å². The molecule has 3 atom stereocenters. The molecule has 8 heteroatoms. The molecule has 8 nitrogen and oxygen atoms in total. The molecule has 0 spiro atoms. The number of rotatable bonds is 8. The van der Waals surface area contributed by atoms with Gasteiger partial charge in [0, 0.05) is 32.6 Å². The highest BCUT2D eigenvalue weighted by atomic mass is 16.5. The van der Waals surface area contributed by atoms with Crippen LogP contribution in [0.1, 0.15) is 30.9 Å². The summed E-state index contributed by atoms with van der Waals surface area (Å²) in [6, 6.07) is 7.88. The Hall–Kier alpha value is -2.71. The van der Waals surface area contributed by atoms with Gasteiger partial charge in [-0.25, -0.2) is 0 Å². The molecule has 4 rings (SSSR count). The van der Waals surface area contributed by atoms with Crippen LogP contribution in [0.3, 0.4) is 0 Å². The van der Waals surface area contributed by atoms with Crippen molar-refractivity contribution in [2.24, 2.45) is 11.8 Å². The summed E-state index contributed by atoms with van der Waals surface area (Å²) in [6.45, 7) is 3.50. The van der Waals surface area contributed by atoms with Crippen LogP contribution in [0.2, 0.25) is 0 Å². The Balaban J connectivity index is 1.33. The lowest BCUT2D eigenvalue weighted by molar-refractivity contribution is -0.140. The van der Waals surface area contributed by atoms with E-state index < -0.39 is 0 Å². The van der Waals surface area contributed by atoms with E-state index in [2.05, 4.69) is 10.2 Å². The highest BCUT2D eigenvalue weighted by molar-refractivity contribution is 6.05. The van der Waals surface area contributed by atoms with Crippen molar-refractivity contribution in [3.05, 3.63) is 42.0 Å². The zero-order valence-corrected chi connectivity index (χ0v) is 18.5. The van der Waals surface area contributed by atoms with Gasteiger partial charge in [-0.1, -0.05) is 24.3 Å². The van der Waals surface area contributed by atoms with Crippen molar-refractivity contribution in [2.75, 3.05) is 46.5 Å². The molecule has 0 saturated carbocycles. The average molecular weight is 442 g/mol. The molecule has 0 unspecified atom stereocenters. The lowest BCUT2D eigenvalue weighted by atomic mass is 9.85. The maximum Gasteiger partial charge on any atom is 0.233 e. The summed E-state index contributed by atoms with van der Waals surface area (Å²) in [5.41, 5.74) is 1.09. The average Bonchev–Trinajstić information content (AvgIpc) is 3.08. The van der Waals surface area contributed by atoms with E-state index >= 15 is 0 Å². The first-order valence-corrected chi connectivity index (χ1v) is 11.3. The molecule has 2 aliphatic heterocycles. The van der Waals surface area contributed by atoms with Gasteiger partial charge in [0.1, 0.15) is 5.75 Å². The number of morpholine rings is 1. The molecular weight excluding hydrogens is 410 g/mol. The van der Waals surface area contributed by atoms with Gasteiger partial charge in [0.2, 0.25) is 17.7 Å². The standard InChI is InChI=1S/C24H31N3O5/c1-31-18-8-6-17(7-9-18)21(26-12-14-32-15-13-26)16-25-22(28)10-11-27-23(29)19-4-2-3-5-20(19)24(27)30/h2-3,6-9,19-21H,4-5,10-16H2,1H3,(H,25,28)/t19-,20-,21+/m0/s1. The zero-order valence-electron chi connectivity index (χ0n) is 18.5. The van der Waals surface area contributed by atoms with Crippen molar-refractivity contribution in [2.45, 2.75) is 25.3 Å². The third-order valence-corrected chi connectivity index (χ3v) is 6.64. The first kappa shape index (κ1) is 22.5. The van der Waals surface area contributed by atoms with E-state index in [9.17, 15) is 14.4 Å². The number of hydrogen-bond donors (Lipinski definition) is 1. The molecule has 0 aromatic heterocycles. The Labute approximate surface area is 188 Å². The number of carbonyl (C=O) groups excluding carboxylic acids is 3. The monoisotopic (exact) mass is 441 g/mol. The number of allylic oxidation sites excluding steroid dienone is 2. The number of nitrogens with one attached hydrogen (secondary N) is 1. The maximum atomic E-state index is 12.6. The van der Waals surface area contributed by atoms with E-state index in [1.165, 1.54) is 4.90 Å². The van der Waals surface area contributed by atoms with Crippen molar-refractivity contribution >= 4 is 17.7 Å². The summed E-state index contributed by atoms with van der Waals surface area (Å²) in [5, 5.41) is 3.01. The largest absolute Gasteiger partial charge is 0.497 e. The van der Waals surface area contributed by atoms with Crippen LogP contribution in [-0.2, 0) is 19.1 Å². The third-order valence-electron chi connectivity index (χ3n) is 6.64. The van der Waals surface area contributed by atoms with E-state index in [0.29, 0.717) is 32.6 Å². The number of amides is 3. The summed E-state index contributed by atoms with van der Waals surface area (Å²) in [4.78, 5) is 41.4. The number of ether oxygens (including phenoxy) is 2. The Kier molecular flexibility index (Phi) is 7.22. The smallest absolute Gasteiger partial charge is 0.233 e. The lowest BCUT2D eigenvalue weighted by Gasteiger charge is -2.35. The summed E-state index contributed by atoms with van der Waals surface area (Å²) in [5.74, 6) is -0.157. The number of methoxy groups -OCH3 is 1. The highest BCUT2D eigenvalue weighted by Crippen LogP contribution is 2.35. The second kappa shape index (κ2) is 10.3. The van der Waals surface area contributed by atoms with Crippen LogP contribution in [0.15, 0.2) is 36.4 Å². The van der Waals surface area contributed by atoms with E-state index in [0.717, 1.165) is 24.4 Å². The summed E-state index contributed by atoms with van der Waals surface area (Å²) >= 11 is 0. The van der Waals surface area contributed by atoms with Crippen molar-refractivity contribution in [3.8, 4) is 5.75 Å². The molecule has 3 amide bonds. The fraction of sp³-hybridized carbons (Fsp3) is 0.542. The second-order valence-electron chi connectivity index (χ2n) is 8.48. The van der Waals surface area contributed by atoms with Gasteiger partial charge >= 0.3 is 0 Å². The zero-order chi connectivity index (χ0) is 22.5. The van der Waals surface area contributed by atoms with Gasteiger partial charge in [-0.2, -0.15) is 0 Å². The third kappa shape index (κ3) is 4.86. The van der Waals surface area contributed by atoms with Gasteiger partial charge < -0.3 is 14.8 Å². The molecule has 1 aliphatic carbocycles. The summed E-state index contributed by atoms with van der Waals surface area (Å²) < 4.78 is 10.7. The van der Waals surface area contributed by atoms with Gasteiger partial charge in [0.25, 0.3) is 0 Å². The first-order valence-electron chi connectivity index (χ1n) is 11.3. The molecule has 2 heterocycles. The molecule has 172 valence electrons. The Morgan fingerprint density at radius 2 is 1.72 bits per heavy atom. The number of benzene rings is 1. The Morgan fingerprint density at radius 1 is 1.09 bits per heavy atom. The number of nitrogens with zero attached hydrogens (tertiary/aromatic N) is 2. The minimum Gasteiger partial charge on any atom is -0.497 e. The minimum absolute atomic E-state index is 0.0118. The van der Waals surface area contributed by atoms with Gasteiger partial charge in [0.05, 0.1) is 38.2 Å². The van der Waals surface area contributed by atoms with Crippen LogP contribution in [0, 0.1) is 11.8 Å². The Morgan fingerprint density at radius 3 is 2.31 bits per heavy atom. The maximum absolute atomic E-state index is 12.6. The molecule has 32 heavy (non-hydrogen) atoms. The topological polar surface area (TPSA) is 88.2 Å². The molecule has 1 aromatic carbocycles. The fourth-order valence-electron chi connectivity index (χ4n) is 4.77. The molecule has 3 aliphatic rings. The second-order valence-corrected chi connectivity index (χ2v) is 8.48. The predicted molar refractivity (Wildman–Crippen MR) is 118 cm³/mol. The van der Waals surface area contributed by atoms with Crippen molar-refractivity contribution < 1.29 is 23.9 Å². The Bertz CT molecular complexity index is 837. The molecule has 1 aromatic rings. The van der Waals surface area contributed by atoms with E-state index in [1.54, 1.807) is 7.11 Å². The number of imide groups is 1. The van der Waals surface area contributed by atoms with Gasteiger partial charge in [-0.15, -0.1) is 0 Å². The van der Waals surface area contributed by atoms with Crippen LogP contribution in [0.25, 0.3) is 0 Å².